The predicted molar refractivity (Wildman–Crippen MR) is 165 cm³/mol. The van der Waals surface area contributed by atoms with Crippen molar-refractivity contribution in [2.45, 2.75) is 56.4 Å². The zero-order valence-electron chi connectivity index (χ0n) is 24.7. The van der Waals surface area contributed by atoms with Gasteiger partial charge in [0.25, 0.3) is 0 Å². The van der Waals surface area contributed by atoms with E-state index in [-0.39, 0.29) is 23.2 Å². The number of likely N-dealkylation sites (N-methyl/N-ethyl adjacent to an activating group) is 1. The second-order valence-electron chi connectivity index (χ2n) is 12.5. The smallest absolute Gasteiger partial charge is 0.318 e. The first-order valence-electron chi connectivity index (χ1n) is 15.4. The van der Waals surface area contributed by atoms with E-state index in [0.29, 0.717) is 45.2 Å². The van der Waals surface area contributed by atoms with Crippen LogP contribution >= 0.6 is 0 Å². The Morgan fingerprint density at radius 1 is 1.23 bits per heavy atom. The van der Waals surface area contributed by atoms with Crippen molar-refractivity contribution in [1.29, 1.82) is 0 Å². The Morgan fingerprint density at radius 3 is 2.95 bits per heavy atom. The Hall–Kier alpha value is -3.92. The number of nitrogens with zero attached hydrogens (tertiary/aromatic N) is 6. The van der Waals surface area contributed by atoms with Gasteiger partial charge in [0.05, 0.1) is 17.8 Å². The molecule has 0 spiro atoms. The van der Waals surface area contributed by atoms with Crippen molar-refractivity contribution < 1.29 is 19.0 Å². The number of likely N-dealkylation sites (tertiary alicyclic amines) is 1. The van der Waals surface area contributed by atoms with Crippen molar-refractivity contribution in [2.24, 2.45) is 0 Å². The molecule has 0 bridgehead atoms. The first-order chi connectivity index (χ1) is 20.8. The summed E-state index contributed by atoms with van der Waals surface area (Å²) in [5, 5.41) is 12.6. The molecule has 226 valence electrons. The third kappa shape index (κ3) is 5.05. The van der Waals surface area contributed by atoms with Gasteiger partial charge in [0.15, 0.2) is 0 Å². The summed E-state index contributed by atoms with van der Waals surface area (Å²) < 4.78 is 20.8. The topological polar surface area (TPSA) is 85.3 Å². The number of aromatic hydroxyl groups is 1. The fraction of sp³-hybridized carbons (Fsp3) is 0.485. The SMILES string of the molecule is C=CC(=O)N1CC[C@@H](N(C)c2nc(OC[C@@]34CCCN3C[C@H](F)C4)nc3c2CCN(c2cc(O)cc4ccccc24)C3)C1. The normalized spacial score (nSPS) is 25.2. The van der Waals surface area contributed by atoms with Gasteiger partial charge in [0.1, 0.15) is 24.3 Å². The number of carbonyl (C=O) groups is 1. The van der Waals surface area contributed by atoms with Crippen molar-refractivity contribution in [3.63, 3.8) is 0 Å². The molecule has 2 aromatic carbocycles. The van der Waals surface area contributed by atoms with Crippen LogP contribution in [0.4, 0.5) is 15.9 Å². The van der Waals surface area contributed by atoms with Crippen LogP contribution in [0.5, 0.6) is 11.8 Å². The van der Waals surface area contributed by atoms with E-state index in [4.69, 9.17) is 14.7 Å². The van der Waals surface area contributed by atoms with Gasteiger partial charge in [-0.3, -0.25) is 9.69 Å². The second kappa shape index (κ2) is 11.0. The highest BCUT2D eigenvalue weighted by Crippen LogP contribution is 2.41. The number of phenols is 1. The van der Waals surface area contributed by atoms with Gasteiger partial charge < -0.3 is 24.5 Å². The van der Waals surface area contributed by atoms with Crippen LogP contribution in [0.25, 0.3) is 10.8 Å². The Balaban J connectivity index is 1.22. The fourth-order valence-corrected chi connectivity index (χ4v) is 7.69. The molecule has 4 aliphatic heterocycles. The van der Waals surface area contributed by atoms with E-state index in [1.807, 2.05) is 36.2 Å². The van der Waals surface area contributed by atoms with Gasteiger partial charge in [-0.15, -0.1) is 0 Å². The molecule has 1 N–H and O–H groups in total. The Morgan fingerprint density at radius 2 is 2.09 bits per heavy atom. The molecular formula is C33H39FN6O3. The van der Waals surface area contributed by atoms with E-state index in [2.05, 4.69) is 27.3 Å². The summed E-state index contributed by atoms with van der Waals surface area (Å²) in [5.41, 5.74) is 2.63. The van der Waals surface area contributed by atoms with Crippen LogP contribution in [-0.2, 0) is 17.8 Å². The van der Waals surface area contributed by atoms with Crippen LogP contribution in [-0.4, -0.2) is 94.9 Å². The van der Waals surface area contributed by atoms with Gasteiger partial charge in [-0.25, -0.2) is 4.39 Å². The molecule has 3 aromatic rings. The van der Waals surface area contributed by atoms with Gasteiger partial charge in [0.2, 0.25) is 5.91 Å². The van der Waals surface area contributed by atoms with Crippen LogP contribution in [0, 0.1) is 0 Å². The molecule has 1 aromatic heterocycles. The second-order valence-corrected chi connectivity index (χ2v) is 12.5. The largest absolute Gasteiger partial charge is 0.508 e. The number of amides is 1. The van der Waals surface area contributed by atoms with Crippen molar-refractivity contribution in [1.82, 2.24) is 19.8 Å². The molecule has 0 unspecified atom stereocenters. The van der Waals surface area contributed by atoms with Gasteiger partial charge in [0, 0.05) is 68.4 Å². The van der Waals surface area contributed by atoms with E-state index in [1.54, 1.807) is 6.07 Å². The first kappa shape index (κ1) is 27.9. The van der Waals surface area contributed by atoms with Gasteiger partial charge in [-0.1, -0.05) is 30.8 Å². The van der Waals surface area contributed by atoms with Crippen molar-refractivity contribution in [2.75, 3.05) is 56.2 Å². The molecule has 0 radical (unpaired) electrons. The van der Waals surface area contributed by atoms with Crippen LogP contribution in [0.2, 0.25) is 0 Å². The van der Waals surface area contributed by atoms with Crippen LogP contribution in [0.1, 0.15) is 36.9 Å². The lowest BCUT2D eigenvalue weighted by molar-refractivity contribution is -0.125. The lowest BCUT2D eigenvalue weighted by Gasteiger charge is -2.35. The standard InChI is InChI=1S/C33H39FN6O3/c1-3-30(42)39-13-9-24(19-39)37(2)31-27-10-14-38(29-16-25(41)15-22-7-4-5-8-26(22)29)20-28(27)35-32(36-31)43-21-33-11-6-12-40(33)18-23(34)17-33/h3-5,7-8,15-16,23-24,41H,1,6,9-14,17-21H2,2H3/t23-,24-,33+/m1/s1. The lowest BCUT2D eigenvalue weighted by atomic mass is 9.95. The summed E-state index contributed by atoms with van der Waals surface area (Å²) in [4.78, 5) is 30.7. The summed E-state index contributed by atoms with van der Waals surface area (Å²) in [6.45, 7) is 7.95. The van der Waals surface area contributed by atoms with Gasteiger partial charge in [-0.2, -0.15) is 9.97 Å². The maximum Gasteiger partial charge on any atom is 0.318 e. The number of halogens is 1. The lowest BCUT2D eigenvalue weighted by Crippen LogP contribution is -2.44. The third-order valence-electron chi connectivity index (χ3n) is 9.95. The predicted octanol–water partition coefficient (Wildman–Crippen LogP) is 4.08. The fourth-order valence-electron chi connectivity index (χ4n) is 7.69. The summed E-state index contributed by atoms with van der Waals surface area (Å²) >= 11 is 0. The quantitative estimate of drug-likeness (QED) is 0.415. The van der Waals surface area contributed by atoms with Crippen LogP contribution < -0.4 is 14.5 Å². The molecule has 43 heavy (non-hydrogen) atoms. The molecule has 4 aliphatic rings. The number of aromatic nitrogens is 2. The van der Waals surface area contributed by atoms with E-state index < -0.39 is 6.17 Å². The van der Waals surface area contributed by atoms with Gasteiger partial charge in [-0.05, 0) is 49.8 Å². The molecule has 3 atom stereocenters. The third-order valence-corrected chi connectivity index (χ3v) is 9.95. The summed E-state index contributed by atoms with van der Waals surface area (Å²) in [5.74, 6) is 1.00. The first-order valence-corrected chi connectivity index (χ1v) is 15.4. The highest BCUT2D eigenvalue weighted by atomic mass is 19.1. The van der Waals surface area contributed by atoms with E-state index in [9.17, 15) is 14.3 Å². The number of rotatable bonds is 7. The Kier molecular flexibility index (Phi) is 7.12. The minimum absolute atomic E-state index is 0.0540. The van der Waals surface area contributed by atoms with Crippen LogP contribution in [0.3, 0.4) is 0 Å². The maximum absolute atomic E-state index is 14.4. The van der Waals surface area contributed by atoms with E-state index in [1.165, 1.54) is 6.08 Å². The molecule has 7 rings (SSSR count). The number of carbonyl (C=O) groups excluding carboxylic acids is 1. The maximum atomic E-state index is 14.4. The monoisotopic (exact) mass is 586 g/mol. The minimum Gasteiger partial charge on any atom is -0.508 e. The molecule has 3 fully saturated rings. The molecule has 10 heteroatoms. The van der Waals surface area contributed by atoms with Crippen molar-refractivity contribution >= 4 is 28.2 Å². The number of fused-ring (bicyclic) bond motifs is 3. The highest BCUT2D eigenvalue weighted by molar-refractivity contribution is 5.95. The number of ether oxygens (including phenoxy) is 1. The van der Waals surface area contributed by atoms with Crippen molar-refractivity contribution in [3.8, 4) is 11.8 Å². The number of hydrogen-bond acceptors (Lipinski definition) is 8. The number of anilines is 2. The van der Waals surface area contributed by atoms with E-state index >= 15 is 0 Å². The molecule has 9 nitrogen and oxygen atoms in total. The number of hydrogen-bond donors (Lipinski definition) is 1. The highest BCUT2D eigenvalue weighted by Gasteiger charge is 2.49. The minimum atomic E-state index is -0.829. The molecule has 5 heterocycles. The zero-order chi connectivity index (χ0) is 29.7. The molecular weight excluding hydrogens is 547 g/mol. The molecule has 3 saturated heterocycles. The molecule has 1 amide bonds. The molecule has 0 aliphatic carbocycles. The van der Waals surface area contributed by atoms with Crippen LogP contribution in [0.15, 0.2) is 49.1 Å². The molecule has 0 saturated carbocycles. The average Bonchev–Trinajstić information content (AvgIpc) is 3.73. The number of benzene rings is 2. The van der Waals surface area contributed by atoms with Gasteiger partial charge >= 0.3 is 6.01 Å². The number of alkyl halides is 1. The zero-order valence-corrected chi connectivity index (χ0v) is 24.7. The number of phenolic OH excluding ortho intramolecular Hbond substituents is 1. The Bertz CT molecular complexity index is 1570. The summed E-state index contributed by atoms with van der Waals surface area (Å²) in [7, 11) is 2.04. The van der Waals surface area contributed by atoms with Crippen molar-refractivity contribution in [3.05, 3.63) is 60.3 Å². The summed E-state index contributed by atoms with van der Waals surface area (Å²) in [6, 6.07) is 12.1. The average molecular weight is 587 g/mol. The van der Waals surface area contributed by atoms with E-state index in [0.717, 1.165) is 72.3 Å². The summed E-state index contributed by atoms with van der Waals surface area (Å²) in [6.07, 6.45) is 4.55. The Labute approximate surface area is 251 Å².